The van der Waals surface area contributed by atoms with E-state index in [0.717, 1.165) is 13.5 Å². The van der Waals surface area contributed by atoms with E-state index in [0.29, 0.717) is 11.2 Å². The van der Waals surface area contributed by atoms with E-state index in [1.54, 1.807) is 45.2 Å². The molecule has 2 aromatic heterocycles. The van der Waals surface area contributed by atoms with Crippen LogP contribution in [0.1, 0.15) is 20.8 Å². The number of aliphatic carboxylic acids is 1. The molecule has 0 fully saturated rings. The maximum Gasteiger partial charge on any atom is 0.328 e. The largest absolute Gasteiger partial charge is 0.480 e. The number of hydrogen-bond donors (Lipinski definition) is 1. The summed E-state index contributed by atoms with van der Waals surface area (Å²) in [5.74, 6) is -0.638. The molecule has 0 aliphatic carbocycles. The van der Waals surface area contributed by atoms with Gasteiger partial charge in [0.2, 0.25) is 0 Å². The number of anilines is 1. The average molecular weight is 659 g/mol. The van der Waals surface area contributed by atoms with Crippen LogP contribution in [0.3, 0.4) is 0 Å². The fraction of sp³-hybridized carbons (Fsp3) is 0.208. The number of aromatic nitrogens is 3. The smallest absolute Gasteiger partial charge is 0.328 e. The molecule has 1 unspecified atom stereocenters. The summed E-state index contributed by atoms with van der Waals surface area (Å²) in [6, 6.07) is 11.1. The van der Waals surface area contributed by atoms with Crippen LogP contribution in [0.4, 0.5) is 5.69 Å². The molecule has 2 aromatic carbocycles. The topological polar surface area (TPSA) is 105 Å². The highest BCUT2D eigenvalue weighted by Crippen LogP contribution is 2.37. The van der Waals surface area contributed by atoms with E-state index >= 15 is 0 Å². The van der Waals surface area contributed by atoms with Crippen molar-refractivity contribution in [2.75, 3.05) is 4.31 Å². The molecule has 188 valence electrons. The predicted octanol–water partition coefficient (Wildman–Crippen LogP) is 6.03. The Morgan fingerprint density at radius 1 is 1.06 bits per heavy atom. The second-order valence-corrected chi connectivity index (χ2v) is 12.9. The molecule has 0 aliphatic rings. The van der Waals surface area contributed by atoms with E-state index in [1.165, 1.54) is 24.5 Å². The Balaban J connectivity index is 1.94. The first kappa shape index (κ1) is 26.6. The van der Waals surface area contributed by atoms with Gasteiger partial charge in [0.15, 0.2) is 0 Å². The Morgan fingerprint density at radius 2 is 1.72 bits per heavy atom. The second-order valence-electron chi connectivity index (χ2n) is 9.14. The third kappa shape index (κ3) is 5.17. The molecular formula is C24H21Cl2IN4O4S. The molecule has 1 atom stereocenters. The lowest BCUT2D eigenvalue weighted by molar-refractivity contribution is -0.140. The Morgan fingerprint density at radius 3 is 2.31 bits per heavy atom. The monoisotopic (exact) mass is 658 g/mol. The van der Waals surface area contributed by atoms with Crippen LogP contribution in [0.25, 0.3) is 16.7 Å². The quantitative estimate of drug-likeness (QED) is 0.201. The van der Waals surface area contributed by atoms with Crippen LogP contribution in [-0.2, 0) is 14.8 Å². The van der Waals surface area contributed by atoms with E-state index in [1.807, 2.05) is 16.7 Å². The van der Waals surface area contributed by atoms with Gasteiger partial charge in [0.05, 0.1) is 16.1 Å². The number of rotatable bonds is 6. The van der Waals surface area contributed by atoms with E-state index < -0.39 is 27.4 Å². The van der Waals surface area contributed by atoms with Crippen molar-refractivity contribution in [1.29, 1.82) is 0 Å². The van der Waals surface area contributed by atoms with Crippen LogP contribution in [-0.4, -0.2) is 40.1 Å². The van der Waals surface area contributed by atoms with Crippen molar-refractivity contribution in [1.82, 2.24) is 14.5 Å². The normalized spacial score (nSPS) is 13.1. The molecule has 36 heavy (non-hydrogen) atoms. The fourth-order valence-corrected chi connectivity index (χ4v) is 6.88. The number of carboxylic acid groups (broad SMARTS) is 1. The van der Waals surface area contributed by atoms with Gasteiger partial charge >= 0.3 is 5.97 Å². The van der Waals surface area contributed by atoms with E-state index in [2.05, 4.69) is 32.6 Å². The summed E-state index contributed by atoms with van der Waals surface area (Å²) in [4.78, 5) is 20.7. The molecule has 0 saturated carbocycles. The van der Waals surface area contributed by atoms with Crippen molar-refractivity contribution in [2.24, 2.45) is 5.41 Å². The molecule has 0 bridgehead atoms. The zero-order chi connectivity index (χ0) is 26.4. The van der Waals surface area contributed by atoms with Crippen molar-refractivity contribution in [3.8, 4) is 5.82 Å². The minimum absolute atomic E-state index is 0.121. The number of halogens is 3. The van der Waals surface area contributed by atoms with Crippen LogP contribution >= 0.6 is 45.8 Å². The zero-order valence-corrected chi connectivity index (χ0v) is 23.8. The molecule has 2 heterocycles. The number of nitrogens with zero attached hydrogens (tertiary/aromatic N) is 4. The van der Waals surface area contributed by atoms with Gasteiger partial charge in [0, 0.05) is 27.7 Å². The van der Waals surface area contributed by atoms with Crippen LogP contribution in [0.15, 0.2) is 66.0 Å². The first-order valence-electron chi connectivity index (χ1n) is 10.6. The predicted molar refractivity (Wildman–Crippen MR) is 149 cm³/mol. The summed E-state index contributed by atoms with van der Waals surface area (Å²) in [5, 5.41) is 11.1. The van der Waals surface area contributed by atoms with Crippen LogP contribution in [0.5, 0.6) is 0 Å². The maximum absolute atomic E-state index is 14.0. The maximum atomic E-state index is 14.0. The number of benzene rings is 2. The van der Waals surface area contributed by atoms with Crippen LogP contribution < -0.4 is 4.31 Å². The fourth-order valence-electron chi connectivity index (χ4n) is 3.96. The van der Waals surface area contributed by atoms with Gasteiger partial charge in [0.1, 0.15) is 21.9 Å². The molecule has 12 heteroatoms. The third-order valence-corrected chi connectivity index (χ3v) is 8.27. The number of sulfonamides is 1. The molecule has 4 aromatic rings. The molecule has 1 N–H and O–H groups in total. The highest BCUT2D eigenvalue weighted by atomic mass is 127. The average Bonchev–Trinajstić information content (AvgIpc) is 3.18. The lowest BCUT2D eigenvalue weighted by atomic mass is 9.86. The SMILES string of the molecule is CC(C)(C)C(C(=O)O)N(c1ccc2c(ccn2-c2cc(I)ncn2)c1)S(=O)(=O)c1cc(Cl)cc(Cl)c1. The molecule has 0 spiro atoms. The summed E-state index contributed by atoms with van der Waals surface area (Å²) < 4.78 is 31.4. The third-order valence-electron chi connectivity index (χ3n) is 5.48. The van der Waals surface area contributed by atoms with Gasteiger partial charge in [0.25, 0.3) is 10.0 Å². The lowest BCUT2D eigenvalue weighted by Crippen LogP contribution is -2.52. The minimum Gasteiger partial charge on any atom is -0.480 e. The first-order valence-corrected chi connectivity index (χ1v) is 13.9. The molecule has 0 radical (unpaired) electrons. The van der Waals surface area contributed by atoms with Gasteiger partial charge < -0.3 is 9.67 Å². The van der Waals surface area contributed by atoms with E-state index in [-0.39, 0.29) is 20.6 Å². The summed E-state index contributed by atoms with van der Waals surface area (Å²) >= 11 is 14.3. The van der Waals surface area contributed by atoms with Gasteiger partial charge in [-0.05, 0) is 70.5 Å². The summed E-state index contributed by atoms with van der Waals surface area (Å²) in [6.07, 6.45) is 3.27. The van der Waals surface area contributed by atoms with Gasteiger partial charge in [-0.25, -0.2) is 23.2 Å². The molecule has 0 aliphatic heterocycles. The Bertz CT molecular complexity index is 1560. The number of carboxylic acids is 1. The highest BCUT2D eigenvalue weighted by molar-refractivity contribution is 14.1. The molecule has 4 rings (SSSR count). The Labute approximate surface area is 232 Å². The number of carbonyl (C=O) groups is 1. The van der Waals surface area contributed by atoms with Gasteiger partial charge in [-0.1, -0.05) is 44.0 Å². The molecule has 0 saturated heterocycles. The Kier molecular flexibility index (Phi) is 7.26. The van der Waals surface area contributed by atoms with Crippen molar-refractivity contribution in [3.63, 3.8) is 0 Å². The van der Waals surface area contributed by atoms with Gasteiger partial charge in [-0.2, -0.15) is 0 Å². The molecule has 0 amide bonds. The zero-order valence-electron chi connectivity index (χ0n) is 19.4. The van der Waals surface area contributed by atoms with Crippen LogP contribution in [0, 0.1) is 9.12 Å². The van der Waals surface area contributed by atoms with Crippen molar-refractivity contribution in [2.45, 2.75) is 31.7 Å². The van der Waals surface area contributed by atoms with Crippen molar-refractivity contribution >= 4 is 78.4 Å². The van der Waals surface area contributed by atoms with Crippen molar-refractivity contribution < 1.29 is 18.3 Å². The lowest BCUT2D eigenvalue weighted by Gasteiger charge is -2.37. The van der Waals surface area contributed by atoms with Crippen LogP contribution in [0.2, 0.25) is 10.0 Å². The summed E-state index contributed by atoms with van der Waals surface area (Å²) in [6.45, 7) is 5.01. The number of hydrogen-bond acceptors (Lipinski definition) is 5. The van der Waals surface area contributed by atoms with Gasteiger partial charge in [-0.3, -0.25) is 4.31 Å². The van der Waals surface area contributed by atoms with E-state index in [4.69, 9.17) is 23.2 Å². The number of fused-ring (bicyclic) bond motifs is 1. The summed E-state index contributed by atoms with van der Waals surface area (Å²) in [5.41, 5.74) is -0.00485. The first-order chi connectivity index (χ1) is 16.8. The molecule has 8 nitrogen and oxygen atoms in total. The highest BCUT2D eigenvalue weighted by Gasteiger charge is 2.43. The minimum atomic E-state index is -4.39. The Hall–Kier alpha value is -2.41. The van der Waals surface area contributed by atoms with Crippen molar-refractivity contribution in [3.05, 3.63) is 74.8 Å². The molecular weight excluding hydrogens is 638 g/mol. The van der Waals surface area contributed by atoms with E-state index in [9.17, 15) is 18.3 Å². The standard InChI is InChI=1S/C24H21Cl2IN4O4S/c1-24(2,3)22(23(32)33)31(36(34,35)18-10-15(25)9-16(26)11-18)17-4-5-19-14(8-17)6-7-30(19)21-12-20(27)28-13-29-21/h4-13,22H,1-3H3,(H,32,33). The summed E-state index contributed by atoms with van der Waals surface area (Å²) in [7, 11) is -4.39. The second kappa shape index (κ2) is 9.81. The van der Waals surface area contributed by atoms with Gasteiger partial charge in [-0.15, -0.1) is 0 Å².